The minimum Gasteiger partial charge on any atom is -0.390 e. The SMILES string of the molecule is Cc1cn([C@H]2C[C@@H](O)[C@H](CF)O2)c(=O)[nH]c1=O. The quantitative estimate of drug-likeness (QED) is 0.732. The molecule has 0 spiro atoms. The van der Waals surface area contributed by atoms with Gasteiger partial charge in [-0.25, -0.2) is 9.18 Å². The molecule has 1 fully saturated rings. The highest BCUT2D eigenvalue weighted by Crippen LogP contribution is 2.27. The fraction of sp³-hybridized carbons (Fsp3) is 0.600. The summed E-state index contributed by atoms with van der Waals surface area (Å²) in [6.07, 6.45) is -1.13. The molecular weight excluding hydrogens is 231 g/mol. The van der Waals surface area contributed by atoms with Crippen LogP contribution in [-0.4, -0.2) is 33.5 Å². The fourth-order valence-electron chi connectivity index (χ4n) is 1.82. The van der Waals surface area contributed by atoms with Crippen LogP contribution in [0.4, 0.5) is 4.39 Å². The molecule has 0 aromatic carbocycles. The van der Waals surface area contributed by atoms with Crippen molar-refractivity contribution in [2.45, 2.75) is 31.8 Å². The highest BCUT2D eigenvalue weighted by molar-refractivity contribution is 5.02. The van der Waals surface area contributed by atoms with Crippen LogP contribution in [0.1, 0.15) is 18.2 Å². The van der Waals surface area contributed by atoms with Gasteiger partial charge in [0.25, 0.3) is 5.56 Å². The molecule has 94 valence electrons. The van der Waals surface area contributed by atoms with Gasteiger partial charge in [-0.2, -0.15) is 0 Å². The molecule has 1 aliphatic heterocycles. The van der Waals surface area contributed by atoms with E-state index in [1.54, 1.807) is 6.92 Å². The summed E-state index contributed by atoms with van der Waals surface area (Å²) in [5.74, 6) is 0. The summed E-state index contributed by atoms with van der Waals surface area (Å²) in [5, 5.41) is 9.48. The van der Waals surface area contributed by atoms with Gasteiger partial charge in [-0.05, 0) is 6.92 Å². The van der Waals surface area contributed by atoms with Gasteiger partial charge >= 0.3 is 5.69 Å². The summed E-state index contributed by atoms with van der Waals surface area (Å²) in [5.41, 5.74) is -0.740. The van der Waals surface area contributed by atoms with Gasteiger partial charge in [0.15, 0.2) is 0 Å². The van der Waals surface area contributed by atoms with Gasteiger partial charge in [0.05, 0.1) is 6.10 Å². The van der Waals surface area contributed by atoms with Gasteiger partial charge in [-0.1, -0.05) is 0 Å². The van der Waals surface area contributed by atoms with Crippen molar-refractivity contribution in [2.24, 2.45) is 0 Å². The number of aromatic nitrogens is 2. The maximum atomic E-state index is 12.5. The Bertz CT molecular complexity index is 524. The predicted octanol–water partition coefficient (Wildman–Crippen LogP) is -0.537. The van der Waals surface area contributed by atoms with Crippen LogP contribution >= 0.6 is 0 Å². The Labute approximate surface area is 95.7 Å². The number of halogens is 1. The minimum absolute atomic E-state index is 0.125. The largest absolute Gasteiger partial charge is 0.390 e. The van der Waals surface area contributed by atoms with Crippen molar-refractivity contribution < 1.29 is 14.2 Å². The summed E-state index contributed by atoms with van der Waals surface area (Å²) < 4.78 is 18.8. The van der Waals surface area contributed by atoms with Crippen LogP contribution in [0.15, 0.2) is 15.8 Å². The van der Waals surface area contributed by atoms with Gasteiger partial charge < -0.3 is 9.84 Å². The number of hydrogen-bond acceptors (Lipinski definition) is 4. The van der Waals surface area contributed by atoms with Crippen molar-refractivity contribution in [2.75, 3.05) is 6.67 Å². The number of aliphatic hydroxyl groups is 1. The predicted molar refractivity (Wildman–Crippen MR) is 56.6 cm³/mol. The first-order chi connectivity index (χ1) is 8.02. The molecule has 0 unspecified atom stereocenters. The minimum atomic E-state index is -0.941. The number of aromatic amines is 1. The number of hydrogen-bond donors (Lipinski definition) is 2. The van der Waals surface area contributed by atoms with E-state index >= 15 is 0 Å². The Morgan fingerprint density at radius 1 is 1.65 bits per heavy atom. The molecule has 0 amide bonds. The molecule has 1 aliphatic rings. The molecule has 2 N–H and O–H groups in total. The molecule has 7 heteroatoms. The smallest absolute Gasteiger partial charge is 0.330 e. The van der Waals surface area contributed by atoms with Gasteiger partial charge in [-0.15, -0.1) is 0 Å². The van der Waals surface area contributed by atoms with Crippen molar-refractivity contribution in [3.8, 4) is 0 Å². The highest BCUT2D eigenvalue weighted by Gasteiger charge is 2.35. The van der Waals surface area contributed by atoms with E-state index in [9.17, 15) is 19.1 Å². The van der Waals surface area contributed by atoms with E-state index in [-0.39, 0.29) is 6.42 Å². The van der Waals surface area contributed by atoms with Crippen molar-refractivity contribution in [3.05, 3.63) is 32.6 Å². The molecular formula is C10H13FN2O4. The molecule has 6 nitrogen and oxygen atoms in total. The van der Waals surface area contributed by atoms with Crippen LogP contribution in [-0.2, 0) is 4.74 Å². The molecule has 2 heterocycles. The monoisotopic (exact) mass is 244 g/mol. The van der Waals surface area contributed by atoms with Gasteiger partial charge in [0.2, 0.25) is 0 Å². The second-order valence-electron chi connectivity index (χ2n) is 4.07. The third kappa shape index (κ3) is 2.16. The number of nitrogens with zero attached hydrogens (tertiary/aromatic N) is 1. The zero-order valence-electron chi connectivity index (χ0n) is 9.22. The highest BCUT2D eigenvalue weighted by atomic mass is 19.1. The average molecular weight is 244 g/mol. The number of H-pyrrole nitrogens is 1. The van der Waals surface area contributed by atoms with Crippen molar-refractivity contribution in [1.82, 2.24) is 9.55 Å². The topological polar surface area (TPSA) is 84.3 Å². The average Bonchev–Trinajstić information content (AvgIpc) is 2.65. The molecule has 0 radical (unpaired) electrons. The van der Waals surface area contributed by atoms with Gasteiger partial charge in [0.1, 0.15) is 19.0 Å². The second kappa shape index (κ2) is 4.42. The van der Waals surface area contributed by atoms with E-state index in [0.717, 1.165) is 4.57 Å². The lowest BCUT2D eigenvalue weighted by molar-refractivity contribution is -0.0312. The van der Waals surface area contributed by atoms with Gasteiger partial charge in [0, 0.05) is 18.2 Å². The molecule has 3 atom stereocenters. The van der Waals surface area contributed by atoms with E-state index < -0.39 is 36.4 Å². The Kier molecular flexibility index (Phi) is 3.12. The lowest BCUT2D eigenvalue weighted by atomic mass is 10.2. The molecule has 1 saturated heterocycles. The standard InChI is InChI=1S/C10H13FN2O4/c1-5-4-13(10(16)12-9(5)15)8-2-6(14)7(3-11)17-8/h4,6-8,14H,2-3H2,1H3,(H,12,15,16)/t6-,7+,8-/m1/s1. The molecule has 1 aromatic heterocycles. The molecule has 0 bridgehead atoms. The number of rotatable bonds is 2. The van der Waals surface area contributed by atoms with E-state index in [0.29, 0.717) is 5.56 Å². The maximum absolute atomic E-state index is 12.5. The summed E-state index contributed by atoms with van der Waals surface area (Å²) in [4.78, 5) is 24.8. The summed E-state index contributed by atoms with van der Waals surface area (Å²) >= 11 is 0. The number of aryl methyl sites for hydroxylation is 1. The van der Waals surface area contributed by atoms with Crippen LogP contribution in [0, 0.1) is 6.92 Å². The first-order valence-electron chi connectivity index (χ1n) is 5.24. The molecule has 0 aliphatic carbocycles. The normalized spacial score (nSPS) is 28.5. The first kappa shape index (κ1) is 12.0. The second-order valence-corrected chi connectivity index (χ2v) is 4.07. The molecule has 2 rings (SSSR count). The summed E-state index contributed by atoms with van der Waals surface area (Å²) in [6, 6.07) is 0. The number of nitrogens with one attached hydrogen (secondary N) is 1. The van der Waals surface area contributed by atoms with E-state index in [1.807, 2.05) is 0 Å². The van der Waals surface area contributed by atoms with Crippen molar-refractivity contribution >= 4 is 0 Å². The summed E-state index contributed by atoms with van der Waals surface area (Å²) in [6.45, 7) is 0.738. The third-order valence-corrected chi connectivity index (χ3v) is 2.81. The van der Waals surface area contributed by atoms with Crippen molar-refractivity contribution in [3.63, 3.8) is 0 Å². The van der Waals surface area contributed by atoms with E-state index in [2.05, 4.69) is 4.98 Å². The van der Waals surface area contributed by atoms with Gasteiger partial charge in [-0.3, -0.25) is 14.3 Å². The lowest BCUT2D eigenvalue weighted by Crippen LogP contribution is -2.33. The maximum Gasteiger partial charge on any atom is 0.330 e. The summed E-state index contributed by atoms with van der Waals surface area (Å²) in [7, 11) is 0. The van der Waals surface area contributed by atoms with E-state index in [1.165, 1.54) is 6.20 Å². The molecule has 1 aromatic rings. The van der Waals surface area contributed by atoms with Crippen LogP contribution < -0.4 is 11.2 Å². The van der Waals surface area contributed by atoms with Crippen LogP contribution in [0.3, 0.4) is 0 Å². The Hall–Kier alpha value is -1.47. The molecule has 0 saturated carbocycles. The third-order valence-electron chi connectivity index (χ3n) is 2.81. The molecule has 17 heavy (non-hydrogen) atoms. The van der Waals surface area contributed by atoms with Crippen molar-refractivity contribution in [1.29, 1.82) is 0 Å². The zero-order chi connectivity index (χ0) is 12.6. The number of ether oxygens (including phenoxy) is 1. The number of alkyl halides is 1. The fourth-order valence-corrected chi connectivity index (χ4v) is 1.82. The van der Waals surface area contributed by atoms with Crippen LogP contribution in [0.2, 0.25) is 0 Å². The van der Waals surface area contributed by atoms with E-state index in [4.69, 9.17) is 4.74 Å². The first-order valence-corrected chi connectivity index (χ1v) is 5.24. The van der Waals surface area contributed by atoms with Crippen LogP contribution in [0.25, 0.3) is 0 Å². The lowest BCUT2D eigenvalue weighted by Gasteiger charge is -2.14. The van der Waals surface area contributed by atoms with Crippen LogP contribution in [0.5, 0.6) is 0 Å². The zero-order valence-corrected chi connectivity index (χ0v) is 9.22. The Morgan fingerprint density at radius 2 is 2.35 bits per heavy atom. The number of aliphatic hydroxyl groups excluding tert-OH is 1. The Morgan fingerprint density at radius 3 is 2.94 bits per heavy atom. The Balaban J connectivity index is 2.34.